The first-order valence-electron chi connectivity index (χ1n) is 4.79. The van der Waals surface area contributed by atoms with Crippen LogP contribution in [0.5, 0.6) is 0 Å². The zero-order valence-corrected chi connectivity index (χ0v) is 7.84. The molecule has 0 radical (unpaired) electrons. The van der Waals surface area contributed by atoms with Gasteiger partial charge in [0.2, 0.25) is 0 Å². The van der Waals surface area contributed by atoms with Gasteiger partial charge in [0.15, 0.2) is 0 Å². The molecule has 12 heavy (non-hydrogen) atoms. The van der Waals surface area contributed by atoms with Crippen LogP contribution in [0.3, 0.4) is 0 Å². The zero-order valence-electron chi connectivity index (χ0n) is 7.84. The van der Waals surface area contributed by atoms with Crippen molar-refractivity contribution < 1.29 is 9.47 Å². The van der Waals surface area contributed by atoms with E-state index in [9.17, 15) is 0 Å². The molecule has 1 fully saturated rings. The van der Waals surface area contributed by atoms with E-state index in [2.05, 4.69) is 5.32 Å². The molecule has 0 aromatic rings. The van der Waals surface area contributed by atoms with Crippen molar-refractivity contribution in [2.45, 2.75) is 13.3 Å². The Labute approximate surface area is 74.4 Å². The van der Waals surface area contributed by atoms with Gasteiger partial charge >= 0.3 is 0 Å². The Morgan fingerprint density at radius 2 is 1.92 bits per heavy atom. The standard InChI is InChI=1S/C9H19NO2/c1-2-11-5-6-12-4-3-9-7-10-8-9/h9-10H,2-8H2,1H3. The lowest BCUT2D eigenvalue weighted by atomic mass is 10.0. The topological polar surface area (TPSA) is 30.5 Å². The Morgan fingerprint density at radius 3 is 2.50 bits per heavy atom. The van der Waals surface area contributed by atoms with E-state index in [4.69, 9.17) is 9.47 Å². The average Bonchev–Trinajstić information content (AvgIpc) is 2.00. The maximum atomic E-state index is 5.39. The van der Waals surface area contributed by atoms with Gasteiger partial charge in [0.25, 0.3) is 0 Å². The molecule has 3 nitrogen and oxygen atoms in total. The summed E-state index contributed by atoms with van der Waals surface area (Å²) in [6.45, 7) is 7.51. The second kappa shape index (κ2) is 6.40. The van der Waals surface area contributed by atoms with Gasteiger partial charge < -0.3 is 14.8 Å². The van der Waals surface area contributed by atoms with Gasteiger partial charge in [-0.1, -0.05) is 0 Å². The Kier molecular flexibility index (Phi) is 5.32. The number of nitrogens with one attached hydrogen (secondary N) is 1. The van der Waals surface area contributed by atoms with E-state index < -0.39 is 0 Å². The monoisotopic (exact) mass is 173 g/mol. The summed E-state index contributed by atoms with van der Waals surface area (Å²) < 4.78 is 10.5. The van der Waals surface area contributed by atoms with E-state index in [-0.39, 0.29) is 0 Å². The van der Waals surface area contributed by atoms with Crippen LogP contribution < -0.4 is 5.32 Å². The van der Waals surface area contributed by atoms with Crippen molar-refractivity contribution in [3.63, 3.8) is 0 Å². The third-order valence-electron chi connectivity index (χ3n) is 2.11. The molecule has 0 atom stereocenters. The smallest absolute Gasteiger partial charge is 0.0700 e. The SMILES string of the molecule is CCOCCOCCC1CNC1. The highest BCUT2D eigenvalue weighted by molar-refractivity contribution is 4.73. The number of ether oxygens (including phenoxy) is 2. The predicted octanol–water partition coefficient (Wildman–Crippen LogP) is 0.649. The molecule has 1 aliphatic heterocycles. The second-order valence-corrected chi connectivity index (χ2v) is 3.12. The molecule has 0 unspecified atom stereocenters. The molecule has 0 aliphatic carbocycles. The molecule has 0 bridgehead atoms. The molecule has 0 amide bonds. The third-order valence-corrected chi connectivity index (χ3v) is 2.11. The predicted molar refractivity (Wildman–Crippen MR) is 48.3 cm³/mol. The van der Waals surface area contributed by atoms with Crippen molar-refractivity contribution >= 4 is 0 Å². The molecule has 0 saturated carbocycles. The summed E-state index contributed by atoms with van der Waals surface area (Å²) in [5, 5.41) is 3.24. The summed E-state index contributed by atoms with van der Waals surface area (Å²) in [5.41, 5.74) is 0. The lowest BCUT2D eigenvalue weighted by Crippen LogP contribution is -2.42. The number of hydrogen-bond acceptors (Lipinski definition) is 3. The van der Waals surface area contributed by atoms with Crippen LogP contribution in [0.2, 0.25) is 0 Å². The van der Waals surface area contributed by atoms with Crippen LogP contribution in [0.15, 0.2) is 0 Å². The summed E-state index contributed by atoms with van der Waals surface area (Å²) >= 11 is 0. The van der Waals surface area contributed by atoms with Crippen LogP contribution >= 0.6 is 0 Å². The fourth-order valence-corrected chi connectivity index (χ4v) is 1.17. The van der Waals surface area contributed by atoms with Crippen molar-refractivity contribution in [3.8, 4) is 0 Å². The molecule has 3 heteroatoms. The molecule has 0 aromatic carbocycles. The van der Waals surface area contributed by atoms with Gasteiger partial charge in [-0.25, -0.2) is 0 Å². The molecule has 1 N–H and O–H groups in total. The zero-order chi connectivity index (χ0) is 8.65. The van der Waals surface area contributed by atoms with Crippen LogP contribution in [0, 0.1) is 5.92 Å². The van der Waals surface area contributed by atoms with Gasteiger partial charge in [-0.3, -0.25) is 0 Å². The van der Waals surface area contributed by atoms with Gasteiger partial charge in [0, 0.05) is 13.2 Å². The van der Waals surface area contributed by atoms with E-state index in [0.717, 1.165) is 32.3 Å². The van der Waals surface area contributed by atoms with Crippen LogP contribution in [0.4, 0.5) is 0 Å². The minimum atomic E-state index is 0.736. The highest BCUT2D eigenvalue weighted by atomic mass is 16.5. The molecule has 1 rings (SSSR count). The Morgan fingerprint density at radius 1 is 1.17 bits per heavy atom. The van der Waals surface area contributed by atoms with Gasteiger partial charge in [-0.05, 0) is 32.4 Å². The lowest BCUT2D eigenvalue weighted by molar-refractivity contribution is 0.0448. The van der Waals surface area contributed by atoms with Gasteiger partial charge in [-0.15, -0.1) is 0 Å². The maximum Gasteiger partial charge on any atom is 0.0700 e. The van der Waals surface area contributed by atoms with Crippen LogP contribution in [0.1, 0.15) is 13.3 Å². The Balaban J connectivity index is 1.70. The first-order valence-corrected chi connectivity index (χ1v) is 4.79. The summed E-state index contributed by atoms with van der Waals surface area (Å²) in [4.78, 5) is 0. The highest BCUT2D eigenvalue weighted by Gasteiger charge is 2.15. The lowest BCUT2D eigenvalue weighted by Gasteiger charge is -2.26. The molecule has 0 spiro atoms. The van der Waals surface area contributed by atoms with E-state index in [1.165, 1.54) is 19.5 Å². The molecular weight excluding hydrogens is 154 g/mol. The summed E-state index contributed by atoms with van der Waals surface area (Å²) in [5.74, 6) is 0.858. The summed E-state index contributed by atoms with van der Waals surface area (Å²) in [6.07, 6.45) is 1.19. The highest BCUT2D eigenvalue weighted by Crippen LogP contribution is 2.07. The largest absolute Gasteiger partial charge is 0.379 e. The third kappa shape index (κ3) is 4.04. The van der Waals surface area contributed by atoms with Crippen molar-refractivity contribution in [1.29, 1.82) is 0 Å². The minimum Gasteiger partial charge on any atom is -0.379 e. The molecule has 1 aliphatic rings. The normalized spacial score (nSPS) is 17.8. The van der Waals surface area contributed by atoms with Crippen molar-refractivity contribution in [2.75, 3.05) is 39.5 Å². The fourth-order valence-electron chi connectivity index (χ4n) is 1.17. The van der Waals surface area contributed by atoms with E-state index >= 15 is 0 Å². The Bertz CT molecular complexity index is 105. The molecule has 72 valence electrons. The summed E-state index contributed by atoms with van der Waals surface area (Å²) in [6, 6.07) is 0. The van der Waals surface area contributed by atoms with E-state index in [0.29, 0.717) is 0 Å². The molecular formula is C9H19NO2. The van der Waals surface area contributed by atoms with E-state index in [1.807, 2.05) is 6.92 Å². The molecule has 0 aromatic heterocycles. The first kappa shape index (κ1) is 9.96. The van der Waals surface area contributed by atoms with Crippen molar-refractivity contribution in [1.82, 2.24) is 5.32 Å². The van der Waals surface area contributed by atoms with Gasteiger partial charge in [-0.2, -0.15) is 0 Å². The van der Waals surface area contributed by atoms with Gasteiger partial charge in [0.05, 0.1) is 13.2 Å². The fraction of sp³-hybridized carbons (Fsp3) is 1.00. The van der Waals surface area contributed by atoms with Crippen molar-refractivity contribution in [2.24, 2.45) is 5.92 Å². The van der Waals surface area contributed by atoms with Gasteiger partial charge in [0.1, 0.15) is 0 Å². The number of rotatable bonds is 7. The van der Waals surface area contributed by atoms with Crippen molar-refractivity contribution in [3.05, 3.63) is 0 Å². The average molecular weight is 173 g/mol. The van der Waals surface area contributed by atoms with Crippen LogP contribution in [-0.2, 0) is 9.47 Å². The Hall–Kier alpha value is -0.120. The number of hydrogen-bond donors (Lipinski definition) is 1. The van der Waals surface area contributed by atoms with Crippen LogP contribution in [-0.4, -0.2) is 39.5 Å². The maximum absolute atomic E-state index is 5.39. The first-order chi connectivity index (χ1) is 5.93. The quantitative estimate of drug-likeness (QED) is 0.573. The van der Waals surface area contributed by atoms with E-state index in [1.54, 1.807) is 0 Å². The minimum absolute atomic E-state index is 0.736. The molecule has 1 saturated heterocycles. The summed E-state index contributed by atoms with van der Waals surface area (Å²) in [7, 11) is 0. The molecule has 1 heterocycles. The van der Waals surface area contributed by atoms with Crippen LogP contribution in [0.25, 0.3) is 0 Å². The second-order valence-electron chi connectivity index (χ2n) is 3.12.